The molecule has 1 unspecified atom stereocenters. The number of nitrogens with zero attached hydrogens (tertiary/aromatic N) is 2. The zero-order valence-corrected chi connectivity index (χ0v) is 21.4. The molecule has 1 N–H and O–H groups in total. The summed E-state index contributed by atoms with van der Waals surface area (Å²) in [6.07, 6.45) is 8.87. The number of carbonyl (C=O) groups excluding carboxylic acids is 3. The molecule has 4 aliphatic heterocycles. The Kier molecular flexibility index (Phi) is 6.12. The third-order valence-corrected chi connectivity index (χ3v) is 8.50. The van der Waals surface area contributed by atoms with Crippen LogP contribution < -0.4 is 4.90 Å². The van der Waals surface area contributed by atoms with Gasteiger partial charge in [0.25, 0.3) is 5.91 Å². The molecule has 4 aliphatic rings. The molecule has 8 heteroatoms. The molecule has 0 saturated carbocycles. The smallest absolute Gasteiger partial charge is 0.313 e. The van der Waals surface area contributed by atoms with E-state index in [-0.39, 0.29) is 31.6 Å². The van der Waals surface area contributed by atoms with Crippen molar-refractivity contribution in [2.24, 2.45) is 11.8 Å². The second-order valence-electron chi connectivity index (χ2n) is 10.5. The van der Waals surface area contributed by atoms with Crippen molar-refractivity contribution in [3.63, 3.8) is 0 Å². The van der Waals surface area contributed by atoms with Gasteiger partial charge in [0.05, 0.1) is 12.5 Å². The van der Waals surface area contributed by atoms with Gasteiger partial charge in [0, 0.05) is 25.4 Å². The van der Waals surface area contributed by atoms with Gasteiger partial charge in [0.15, 0.2) is 0 Å². The molecule has 2 fully saturated rings. The normalized spacial score (nSPS) is 32.5. The molecule has 4 heterocycles. The van der Waals surface area contributed by atoms with E-state index in [0.29, 0.717) is 25.8 Å². The number of anilines is 1. The minimum absolute atomic E-state index is 0.124. The summed E-state index contributed by atoms with van der Waals surface area (Å²) >= 11 is 0. The van der Waals surface area contributed by atoms with Crippen LogP contribution in [0.4, 0.5) is 5.69 Å². The molecule has 198 valence electrons. The van der Waals surface area contributed by atoms with Crippen LogP contribution in [0.5, 0.6) is 0 Å². The molecule has 2 aromatic carbocycles. The van der Waals surface area contributed by atoms with Gasteiger partial charge in [0.2, 0.25) is 5.91 Å². The molecule has 38 heavy (non-hydrogen) atoms. The van der Waals surface area contributed by atoms with Crippen molar-refractivity contribution in [2.75, 3.05) is 31.2 Å². The van der Waals surface area contributed by atoms with Gasteiger partial charge >= 0.3 is 5.97 Å². The van der Waals surface area contributed by atoms with Crippen molar-refractivity contribution in [3.05, 3.63) is 66.8 Å². The lowest BCUT2D eigenvalue weighted by molar-refractivity contribution is -0.160. The predicted molar refractivity (Wildman–Crippen MR) is 141 cm³/mol. The summed E-state index contributed by atoms with van der Waals surface area (Å²) in [6.45, 7) is 2.53. The Hall–Kier alpha value is -3.49. The van der Waals surface area contributed by atoms with E-state index in [4.69, 9.17) is 9.47 Å². The number of likely N-dealkylation sites (tertiary alicyclic amines) is 1. The van der Waals surface area contributed by atoms with Crippen molar-refractivity contribution < 1.29 is 29.0 Å². The average molecular weight is 517 g/mol. The summed E-state index contributed by atoms with van der Waals surface area (Å²) in [7, 11) is 0. The molecular weight excluding hydrogens is 484 g/mol. The number of hydrogen-bond acceptors (Lipinski definition) is 6. The highest BCUT2D eigenvalue weighted by atomic mass is 16.6. The maximum absolute atomic E-state index is 14.5. The predicted octanol–water partition coefficient (Wildman–Crippen LogP) is 2.99. The first-order chi connectivity index (χ1) is 18.5. The number of benzene rings is 2. The lowest BCUT2D eigenvalue weighted by Crippen LogP contribution is -2.56. The van der Waals surface area contributed by atoms with Gasteiger partial charge in [-0.25, -0.2) is 0 Å². The molecule has 2 saturated heterocycles. The van der Waals surface area contributed by atoms with Gasteiger partial charge < -0.3 is 24.4 Å². The highest BCUT2D eigenvalue weighted by Crippen LogP contribution is 2.58. The van der Waals surface area contributed by atoms with Crippen LogP contribution in [0.15, 0.2) is 66.8 Å². The Morgan fingerprint density at radius 1 is 1.00 bits per heavy atom. The Morgan fingerprint density at radius 3 is 2.61 bits per heavy atom. The molecule has 0 bridgehead atoms. The molecule has 1 spiro atoms. The highest BCUT2D eigenvalue weighted by Gasteiger charge is 2.75. The van der Waals surface area contributed by atoms with E-state index in [0.717, 1.165) is 16.5 Å². The van der Waals surface area contributed by atoms with Gasteiger partial charge in [-0.05, 0) is 42.2 Å². The molecule has 0 aromatic heterocycles. The van der Waals surface area contributed by atoms with Crippen LogP contribution in [-0.4, -0.2) is 71.3 Å². The van der Waals surface area contributed by atoms with E-state index in [1.807, 2.05) is 73.7 Å². The second kappa shape index (κ2) is 9.36. The van der Waals surface area contributed by atoms with Crippen LogP contribution in [0.1, 0.15) is 26.2 Å². The number of aliphatic hydroxyl groups excluding tert-OH is 1. The monoisotopic (exact) mass is 516 g/mol. The first-order valence-electron chi connectivity index (χ1n) is 13.4. The van der Waals surface area contributed by atoms with Gasteiger partial charge in [-0.2, -0.15) is 0 Å². The number of aliphatic hydroxyl groups is 1. The fraction of sp³-hybridized carbons (Fsp3) is 0.433. The molecule has 0 aliphatic carbocycles. The van der Waals surface area contributed by atoms with E-state index >= 15 is 0 Å². The summed E-state index contributed by atoms with van der Waals surface area (Å²) < 4.78 is 12.4. The SMILES string of the molecule is CC[C@@]12C=CCCOC(=O)[C@@H]1[C@H]1C(=O)N(CCCO)C3C(=O)N(c4ccc5ccccc5c4)CC=C[C@@]31O2. The highest BCUT2D eigenvalue weighted by molar-refractivity contribution is 6.06. The van der Waals surface area contributed by atoms with Crippen LogP contribution in [0.3, 0.4) is 0 Å². The summed E-state index contributed by atoms with van der Waals surface area (Å²) in [6, 6.07) is 12.8. The lowest BCUT2D eigenvalue weighted by Gasteiger charge is -2.38. The Labute approximate surface area is 221 Å². The minimum Gasteiger partial charge on any atom is -0.465 e. The molecule has 8 nitrogen and oxygen atoms in total. The van der Waals surface area contributed by atoms with Crippen molar-refractivity contribution in [1.82, 2.24) is 4.90 Å². The Balaban J connectivity index is 1.48. The maximum Gasteiger partial charge on any atom is 0.313 e. The standard InChI is InChI=1S/C30H32N2O6/c1-2-29-13-5-6-18-37-28(36)24(29)23-26(34)32(16-8-17-33)25-27(35)31(15-7-14-30(23,25)38-29)22-12-11-20-9-3-4-10-21(20)19-22/h3-5,7,9-14,19,23-25,33H,2,6,8,15-18H2,1H3/t23-,24-,25?,29+,30-/m0/s1. The summed E-state index contributed by atoms with van der Waals surface area (Å²) in [5, 5.41) is 11.7. The lowest BCUT2D eigenvalue weighted by atomic mass is 9.73. The van der Waals surface area contributed by atoms with Crippen molar-refractivity contribution in [3.8, 4) is 0 Å². The molecule has 2 aromatic rings. The van der Waals surface area contributed by atoms with Crippen LogP contribution in [0, 0.1) is 11.8 Å². The maximum atomic E-state index is 14.5. The molecule has 0 radical (unpaired) electrons. The zero-order chi connectivity index (χ0) is 26.5. The average Bonchev–Trinajstić information content (AvgIpc) is 3.27. The van der Waals surface area contributed by atoms with Crippen LogP contribution in [0.2, 0.25) is 0 Å². The van der Waals surface area contributed by atoms with Gasteiger partial charge in [-0.1, -0.05) is 61.6 Å². The Morgan fingerprint density at radius 2 is 1.82 bits per heavy atom. The molecule has 6 rings (SSSR count). The van der Waals surface area contributed by atoms with E-state index in [1.54, 1.807) is 4.90 Å². The fourth-order valence-corrected chi connectivity index (χ4v) is 6.79. The first-order valence-corrected chi connectivity index (χ1v) is 13.4. The summed E-state index contributed by atoms with van der Waals surface area (Å²) in [4.78, 5) is 45.2. The molecule has 2 amide bonds. The quantitative estimate of drug-likeness (QED) is 0.485. The van der Waals surface area contributed by atoms with Crippen molar-refractivity contribution in [2.45, 2.75) is 43.4 Å². The van der Waals surface area contributed by atoms with Gasteiger partial charge in [0.1, 0.15) is 23.2 Å². The number of hydrogen-bond donors (Lipinski definition) is 1. The van der Waals surface area contributed by atoms with Crippen LogP contribution in [0.25, 0.3) is 10.8 Å². The largest absolute Gasteiger partial charge is 0.465 e. The Bertz CT molecular complexity index is 1350. The number of esters is 1. The molecular formula is C30H32N2O6. The zero-order valence-electron chi connectivity index (χ0n) is 21.4. The minimum atomic E-state index is -1.33. The van der Waals surface area contributed by atoms with Crippen molar-refractivity contribution in [1.29, 1.82) is 0 Å². The van der Waals surface area contributed by atoms with Gasteiger partial charge in [-0.15, -0.1) is 0 Å². The number of ether oxygens (including phenoxy) is 2. The third kappa shape index (κ3) is 3.54. The van der Waals surface area contributed by atoms with E-state index in [9.17, 15) is 19.5 Å². The number of amides is 2. The topological polar surface area (TPSA) is 96.4 Å². The summed E-state index contributed by atoms with van der Waals surface area (Å²) in [5.41, 5.74) is -1.66. The van der Waals surface area contributed by atoms with E-state index < -0.39 is 35.0 Å². The number of carbonyl (C=O) groups is 3. The van der Waals surface area contributed by atoms with Crippen LogP contribution >= 0.6 is 0 Å². The number of rotatable bonds is 5. The third-order valence-electron chi connectivity index (χ3n) is 8.50. The fourth-order valence-electron chi connectivity index (χ4n) is 6.79. The first kappa shape index (κ1) is 24.8. The van der Waals surface area contributed by atoms with E-state index in [2.05, 4.69) is 0 Å². The number of fused-ring (bicyclic) bond motifs is 3. The van der Waals surface area contributed by atoms with Gasteiger partial charge in [-0.3, -0.25) is 14.4 Å². The second-order valence-corrected chi connectivity index (χ2v) is 10.5. The van der Waals surface area contributed by atoms with Crippen molar-refractivity contribution >= 4 is 34.2 Å². The molecule has 5 atom stereocenters. The number of cyclic esters (lactones) is 1. The van der Waals surface area contributed by atoms with E-state index in [1.165, 1.54) is 4.90 Å². The summed E-state index contributed by atoms with van der Waals surface area (Å²) in [5.74, 6) is -2.82. The van der Waals surface area contributed by atoms with Crippen LogP contribution in [-0.2, 0) is 23.9 Å².